The van der Waals surface area contributed by atoms with Gasteiger partial charge in [0, 0.05) is 38.6 Å². The number of hydrogen-bond donors (Lipinski definition) is 3. The maximum Gasteiger partial charge on any atom is 0.240 e. The molecule has 13 atom stereocenters. The van der Waals surface area contributed by atoms with Gasteiger partial charge in [-0.2, -0.15) is 5.06 Å². The Bertz CT molecular complexity index is 868. The van der Waals surface area contributed by atoms with Crippen molar-refractivity contribution in [2.45, 2.75) is 122 Å². The van der Waals surface area contributed by atoms with Crippen molar-refractivity contribution in [3.05, 3.63) is 0 Å². The summed E-state index contributed by atoms with van der Waals surface area (Å²) in [6, 6.07) is -0.499. The van der Waals surface area contributed by atoms with Gasteiger partial charge in [0.2, 0.25) is 5.91 Å². The van der Waals surface area contributed by atoms with Gasteiger partial charge >= 0.3 is 0 Å². The summed E-state index contributed by atoms with van der Waals surface area (Å²) >= 11 is 0. The Morgan fingerprint density at radius 3 is 2.48 bits per heavy atom. The van der Waals surface area contributed by atoms with Crippen molar-refractivity contribution in [3.8, 4) is 0 Å². The topological polar surface area (TPSA) is 100 Å². The highest BCUT2D eigenvalue weighted by molar-refractivity contribution is 5.82. The third-order valence-electron chi connectivity index (χ3n) is 12.4. The van der Waals surface area contributed by atoms with E-state index in [2.05, 4.69) is 26.1 Å². The van der Waals surface area contributed by atoms with Crippen LogP contribution in [0.1, 0.15) is 85.5 Å². The Labute approximate surface area is 241 Å². The van der Waals surface area contributed by atoms with Crippen LogP contribution >= 0.6 is 0 Å². The molecule has 0 aromatic carbocycles. The normalized spacial score (nSPS) is 46.0. The summed E-state index contributed by atoms with van der Waals surface area (Å²) in [5.41, 5.74) is 0.349. The van der Waals surface area contributed by atoms with E-state index < -0.39 is 24.2 Å². The molecule has 5 unspecified atom stereocenters. The molecule has 8 nitrogen and oxygen atoms in total. The van der Waals surface area contributed by atoms with Crippen molar-refractivity contribution >= 4 is 5.91 Å². The highest BCUT2D eigenvalue weighted by Gasteiger charge is 2.57. The van der Waals surface area contributed by atoms with Crippen LogP contribution in [0.15, 0.2) is 0 Å². The van der Waals surface area contributed by atoms with Gasteiger partial charge in [0.25, 0.3) is 0 Å². The molecule has 6 fully saturated rings. The number of ether oxygens (including phenoxy) is 2. The summed E-state index contributed by atoms with van der Waals surface area (Å²) in [4.78, 5) is 20.3. The highest BCUT2D eigenvalue weighted by Crippen LogP contribution is 2.61. The fraction of sp³-hybridized carbons (Fsp3) is 0.969. The Balaban J connectivity index is 1.31. The number of fused-ring (bicyclic) bond motifs is 2. The molecule has 1 saturated heterocycles. The minimum absolute atomic E-state index is 0.0747. The molecule has 6 rings (SSSR count). The van der Waals surface area contributed by atoms with Gasteiger partial charge in [-0.1, -0.05) is 33.6 Å². The average molecular weight is 565 g/mol. The first-order valence-electron chi connectivity index (χ1n) is 16.2. The van der Waals surface area contributed by atoms with Gasteiger partial charge in [0.1, 0.15) is 12.1 Å². The number of aliphatic hydroxyl groups excluding tert-OH is 2. The van der Waals surface area contributed by atoms with Crippen LogP contribution in [0.5, 0.6) is 0 Å². The van der Waals surface area contributed by atoms with Crippen LogP contribution in [0.2, 0.25) is 0 Å². The Morgan fingerprint density at radius 1 is 1.10 bits per heavy atom. The van der Waals surface area contributed by atoms with Crippen molar-refractivity contribution in [2.75, 3.05) is 27.4 Å². The van der Waals surface area contributed by atoms with E-state index in [1.165, 1.54) is 19.3 Å². The summed E-state index contributed by atoms with van der Waals surface area (Å²) in [6.07, 6.45) is 9.27. The molecule has 5 aliphatic carbocycles. The molecule has 1 heterocycles. The minimum Gasteiger partial charge on any atom is -0.394 e. The molecule has 3 N–H and O–H groups in total. The van der Waals surface area contributed by atoms with Crippen LogP contribution < -0.4 is 5.32 Å². The smallest absolute Gasteiger partial charge is 0.240 e. The maximum atomic E-state index is 14.0. The third-order valence-corrected chi connectivity index (χ3v) is 12.4. The van der Waals surface area contributed by atoms with E-state index in [0.717, 1.165) is 38.5 Å². The molecular formula is C32H56N2O6. The van der Waals surface area contributed by atoms with Gasteiger partial charge in [0.05, 0.1) is 24.9 Å². The SMILES string of the molecule is COC1CCCC(C2CCCC(CN3O[C@@H](CO)[C@H]([C@H](C)O)[C@H]3C(=O)N[C@H]3C[C@H]4C[C@H]([C@@H]3C)C4(C)C)C2OC)C1. The lowest BCUT2D eigenvalue weighted by molar-refractivity contribution is -0.193. The first kappa shape index (κ1) is 30.7. The first-order chi connectivity index (χ1) is 19.1. The molecule has 0 aromatic rings. The molecule has 8 heteroatoms. The van der Waals surface area contributed by atoms with Gasteiger partial charge in [-0.25, -0.2) is 0 Å². The molecule has 5 saturated carbocycles. The molecule has 6 aliphatic rings. The molecule has 230 valence electrons. The second-order valence-electron chi connectivity index (χ2n) is 14.6. The number of nitrogens with one attached hydrogen (secondary N) is 1. The van der Waals surface area contributed by atoms with Crippen molar-refractivity contribution in [3.63, 3.8) is 0 Å². The van der Waals surface area contributed by atoms with Crippen molar-refractivity contribution in [1.82, 2.24) is 10.4 Å². The zero-order valence-corrected chi connectivity index (χ0v) is 25.8. The van der Waals surface area contributed by atoms with Crippen LogP contribution in [0.25, 0.3) is 0 Å². The van der Waals surface area contributed by atoms with Crippen LogP contribution in [0.4, 0.5) is 0 Å². The predicted molar refractivity (Wildman–Crippen MR) is 153 cm³/mol. The van der Waals surface area contributed by atoms with E-state index in [4.69, 9.17) is 14.3 Å². The van der Waals surface area contributed by atoms with Crippen molar-refractivity contribution in [2.24, 2.45) is 46.8 Å². The van der Waals surface area contributed by atoms with E-state index in [9.17, 15) is 15.0 Å². The summed E-state index contributed by atoms with van der Waals surface area (Å²) in [7, 11) is 3.66. The molecule has 0 spiro atoms. The van der Waals surface area contributed by atoms with Crippen LogP contribution in [-0.4, -0.2) is 85.1 Å². The van der Waals surface area contributed by atoms with Crippen molar-refractivity contribution in [1.29, 1.82) is 0 Å². The van der Waals surface area contributed by atoms with Gasteiger partial charge in [-0.15, -0.1) is 0 Å². The molecule has 0 radical (unpaired) electrons. The molecule has 1 amide bonds. The van der Waals surface area contributed by atoms with Gasteiger partial charge in [-0.3, -0.25) is 9.63 Å². The van der Waals surface area contributed by atoms with Crippen LogP contribution in [0.3, 0.4) is 0 Å². The zero-order valence-electron chi connectivity index (χ0n) is 25.8. The minimum atomic E-state index is -0.778. The Kier molecular flexibility index (Phi) is 9.55. The number of amides is 1. The second kappa shape index (κ2) is 12.5. The fourth-order valence-electron chi connectivity index (χ4n) is 9.88. The number of hydroxylamine groups is 2. The monoisotopic (exact) mass is 564 g/mol. The molecule has 1 aliphatic heterocycles. The number of carbonyl (C=O) groups excluding carboxylic acids is 1. The number of aliphatic hydroxyl groups is 2. The quantitative estimate of drug-likeness (QED) is 0.392. The van der Waals surface area contributed by atoms with Crippen LogP contribution in [0, 0.1) is 46.8 Å². The number of rotatable bonds is 9. The summed E-state index contributed by atoms with van der Waals surface area (Å²) in [6.45, 7) is 9.07. The fourth-order valence-corrected chi connectivity index (χ4v) is 9.88. The molecular weight excluding hydrogens is 508 g/mol. The lowest BCUT2D eigenvalue weighted by Gasteiger charge is -2.62. The van der Waals surface area contributed by atoms with Crippen molar-refractivity contribution < 1.29 is 29.3 Å². The van der Waals surface area contributed by atoms with E-state index >= 15 is 0 Å². The molecule has 2 bridgehead atoms. The average Bonchev–Trinajstić information content (AvgIpc) is 3.32. The number of hydrogen-bond acceptors (Lipinski definition) is 7. The summed E-state index contributed by atoms with van der Waals surface area (Å²) in [5.74, 6) is 2.40. The van der Waals surface area contributed by atoms with Gasteiger partial charge in [0.15, 0.2) is 0 Å². The second-order valence-corrected chi connectivity index (χ2v) is 14.6. The van der Waals surface area contributed by atoms with E-state index in [0.29, 0.717) is 47.7 Å². The zero-order chi connectivity index (χ0) is 28.8. The Morgan fingerprint density at radius 2 is 1.85 bits per heavy atom. The van der Waals surface area contributed by atoms with Gasteiger partial charge in [-0.05, 0) is 86.9 Å². The van der Waals surface area contributed by atoms with E-state index in [1.54, 1.807) is 6.92 Å². The largest absolute Gasteiger partial charge is 0.394 e. The lowest BCUT2D eigenvalue weighted by Crippen LogP contribution is -2.62. The number of methoxy groups -OCH3 is 2. The van der Waals surface area contributed by atoms with Crippen LogP contribution in [-0.2, 0) is 19.1 Å². The third kappa shape index (κ3) is 5.62. The maximum absolute atomic E-state index is 14.0. The molecule has 0 aromatic heterocycles. The number of nitrogens with zero attached hydrogens (tertiary/aromatic N) is 1. The lowest BCUT2D eigenvalue weighted by atomic mass is 9.45. The predicted octanol–water partition coefficient (Wildman–Crippen LogP) is 3.78. The van der Waals surface area contributed by atoms with E-state index in [1.807, 2.05) is 19.3 Å². The first-order valence-corrected chi connectivity index (χ1v) is 16.2. The summed E-state index contributed by atoms with van der Waals surface area (Å²) in [5, 5.41) is 26.2. The standard InChI is InChI=1S/C32H56N2O6/c1-18-25-14-22(32(25,3)4)15-26(18)33-31(37)29-28(19(2)36)27(17-35)40-34(29)16-21-10-8-12-24(30(21)39-6)20-9-7-11-23(13-20)38-5/h18-30,35-36H,7-17H2,1-6H3,(H,33,37)/t18-,19-,20?,21?,22+,23?,24?,25+,26-,27-,28-,29-,30?/m0/s1. The highest BCUT2D eigenvalue weighted by atomic mass is 16.7. The molecule has 40 heavy (non-hydrogen) atoms. The number of carbonyl (C=O) groups is 1. The van der Waals surface area contributed by atoms with Gasteiger partial charge < -0.3 is 25.0 Å². The van der Waals surface area contributed by atoms with E-state index in [-0.39, 0.29) is 30.6 Å². The Hall–Kier alpha value is -0.770. The summed E-state index contributed by atoms with van der Waals surface area (Å²) < 4.78 is 12.0.